The van der Waals surface area contributed by atoms with Crippen molar-refractivity contribution >= 4 is 22.8 Å². The summed E-state index contributed by atoms with van der Waals surface area (Å²) in [5, 5.41) is 2.79. The van der Waals surface area contributed by atoms with Crippen LogP contribution in [0.4, 0.5) is 0 Å². The van der Waals surface area contributed by atoms with Crippen molar-refractivity contribution in [2.75, 3.05) is 18.8 Å². The van der Waals surface area contributed by atoms with Crippen LogP contribution in [0, 0.1) is 0 Å². The van der Waals surface area contributed by atoms with Crippen LogP contribution in [0.5, 0.6) is 0 Å². The molecule has 0 aromatic carbocycles. The van der Waals surface area contributed by atoms with E-state index in [1.54, 1.807) is 0 Å². The Labute approximate surface area is 82.6 Å². The van der Waals surface area contributed by atoms with Crippen LogP contribution in [0.25, 0.3) is 0 Å². The van der Waals surface area contributed by atoms with E-state index in [-0.39, 0.29) is 11.0 Å². The largest absolute Gasteiger partial charge is 0.355 e. The summed E-state index contributed by atoms with van der Waals surface area (Å²) in [6.07, 6.45) is 1.19. The van der Waals surface area contributed by atoms with Crippen molar-refractivity contribution in [1.82, 2.24) is 5.32 Å². The molecule has 1 amide bonds. The molecular weight excluding hydrogens is 188 g/mol. The van der Waals surface area contributed by atoms with Gasteiger partial charge in [-0.15, -0.1) is 0 Å². The van der Waals surface area contributed by atoms with E-state index >= 15 is 0 Å². The molecule has 0 saturated heterocycles. The molecule has 4 nitrogen and oxygen atoms in total. The molecule has 3 N–H and O–H groups in total. The van der Waals surface area contributed by atoms with Crippen LogP contribution >= 0.6 is 11.8 Å². The van der Waals surface area contributed by atoms with Crippen LogP contribution in [-0.4, -0.2) is 29.9 Å². The van der Waals surface area contributed by atoms with E-state index in [0.717, 1.165) is 0 Å². The maximum absolute atomic E-state index is 11.0. The zero-order chi connectivity index (χ0) is 10.1. The number of carbonyl (C=O) groups is 2. The van der Waals surface area contributed by atoms with Gasteiger partial charge in [0.05, 0.1) is 0 Å². The van der Waals surface area contributed by atoms with Crippen molar-refractivity contribution < 1.29 is 9.59 Å². The fourth-order valence-electron chi connectivity index (χ4n) is 0.736. The minimum atomic E-state index is 0.00889. The first-order valence-corrected chi connectivity index (χ1v) is 5.25. The van der Waals surface area contributed by atoms with Crippen molar-refractivity contribution in [3.8, 4) is 0 Å². The first-order chi connectivity index (χ1) is 6.16. The molecule has 0 aromatic heterocycles. The van der Waals surface area contributed by atoms with E-state index < -0.39 is 0 Å². The molecule has 76 valence electrons. The van der Waals surface area contributed by atoms with Gasteiger partial charge in [-0.25, -0.2) is 0 Å². The molecule has 0 atom stereocenters. The molecule has 13 heavy (non-hydrogen) atoms. The van der Waals surface area contributed by atoms with E-state index in [1.165, 1.54) is 18.7 Å². The summed E-state index contributed by atoms with van der Waals surface area (Å²) >= 11 is 1.22. The Balaban J connectivity index is 3.22. The highest BCUT2D eigenvalue weighted by Crippen LogP contribution is 1.98. The molecule has 0 saturated carbocycles. The zero-order valence-corrected chi connectivity index (χ0v) is 8.65. The van der Waals surface area contributed by atoms with Gasteiger partial charge in [-0.1, -0.05) is 11.8 Å². The first-order valence-electron chi connectivity index (χ1n) is 4.27. The predicted octanol–water partition coefficient (Wildman–Crippen LogP) is 0.121. The van der Waals surface area contributed by atoms with Crippen molar-refractivity contribution in [2.45, 2.75) is 19.8 Å². The van der Waals surface area contributed by atoms with Gasteiger partial charge in [-0.2, -0.15) is 0 Å². The van der Waals surface area contributed by atoms with E-state index in [0.29, 0.717) is 31.7 Å². The molecule has 0 rings (SSSR count). The van der Waals surface area contributed by atoms with Crippen LogP contribution in [0.15, 0.2) is 0 Å². The van der Waals surface area contributed by atoms with Crippen LogP contribution in [-0.2, 0) is 9.59 Å². The van der Waals surface area contributed by atoms with E-state index in [4.69, 9.17) is 5.73 Å². The van der Waals surface area contributed by atoms with Crippen molar-refractivity contribution in [3.63, 3.8) is 0 Å². The summed E-state index contributed by atoms with van der Waals surface area (Å²) in [6, 6.07) is 0. The Morgan fingerprint density at radius 2 is 2.15 bits per heavy atom. The minimum Gasteiger partial charge on any atom is -0.355 e. The van der Waals surface area contributed by atoms with Gasteiger partial charge in [0.2, 0.25) is 5.91 Å². The highest BCUT2D eigenvalue weighted by molar-refractivity contribution is 8.13. The number of nitrogens with one attached hydrogen (secondary N) is 1. The van der Waals surface area contributed by atoms with E-state index in [1.807, 2.05) is 0 Å². The number of hydrogen-bond acceptors (Lipinski definition) is 4. The average Bonchev–Trinajstić information content (AvgIpc) is 2.08. The maximum Gasteiger partial charge on any atom is 0.220 e. The maximum atomic E-state index is 11.0. The lowest BCUT2D eigenvalue weighted by molar-refractivity contribution is -0.121. The van der Waals surface area contributed by atoms with Crippen LogP contribution in [0.3, 0.4) is 0 Å². The fourth-order valence-corrected chi connectivity index (χ4v) is 1.23. The molecule has 5 heteroatoms. The Kier molecular flexibility index (Phi) is 7.73. The summed E-state index contributed by atoms with van der Waals surface area (Å²) < 4.78 is 0. The van der Waals surface area contributed by atoms with Crippen molar-refractivity contribution in [2.24, 2.45) is 5.73 Å². The molecule has 0 aliphatic rings. The third-order valence-corrected chi connectivity index (χ3v) is 2.15. The Morgan fingerprint density at radius 1 is 1.46 bits per heavy atom. The number of carbonyl (C=O) groups excluding carboxylic acids is 2. The van der Waals surface area contributed by atoms with Crippen molar-refractivity contribution in [3.05, 3.63) is 0 Å². The van der Waals surface area contributed by atoms with Crippen LogP contribution < -0.4 is 11.1 Å². The molecule has 0 spiro atoms. The summed E-state index contributed by atoms with van der Waals surface area (Å²) in [4.78, 5) is 21.5. The number of hydrogen-bond donors (Lipinski definition) is 2. The third kappa shape index (κ3) is 9.36. The SMILES string of the molecule is CC(=O)SCCNC(=O)CCCN. The smallest absolute Gasteiger partial charge is 0.220 e. The van der Waals surface area contributed by atoms with Gasteiger partial charge < -0.3 is 11.1 Å². The molecule has 0 aliphatic carbocycles. The summed E-state index contributed by atoms with van der Waals surface area (Å²) in [7, 11) is 0. The number of nitrogens with two attached hydrogens (primary N) is 1. The first kappa shape index (κ1) is 12.4. The Hall–Kier alpha value is -0.550. The van der Waals surface area contributed by atoms with Gasteiger partial charge in [-0.05, 0) is 13.0 Å². The molecule has 0 bridgehead atoms. The average molecular weight is 204 g/mol. The Bertz CT molecular complexity index is 174. The lowest BCUT2D eigenvalue weighted by Gasteiger charge is -2.02. The van der Waals surface area contributed by atoms with Gasteiger partial charge in [0, 0.05) is 25.6 Å². The number of rotatable bonds is 6. The third-order valence-electron chi connectivity index (χ3n) is 1.34. The summed E-state index contributed by atoms with van der Waals surface area (Å²) in [5.74, 6) is 0.651. The van der Waals surface area contributed by atoms with Gasteiger partial charge >= 0.3 is 0 Å². The normalized spacial score (nSPS) is 9.69. The predicted molar refractivity (Wildman–Crippen MR) is 54.4 cm³/mol. The second-order valence-electron chi connectivity index (χ2n) is 2.58. The molecule has 0 heterocycles. The second kappa shape index (κ2) is 8.07. The monoisotopic (exact) mass is 204 g/mol. The zero-order valence-electron chi connectivity index (χ0n) is 7.84. The highest BCUT2D eigenvalue weighted by atomic mass is 32.2. The standard InChI is InChI=1S/C8H16N2O2S/c1-7(11)13-6-5-10-8(12)3-2-4-9/h2-6,9H2,1H3,(H,10,12). The fraction of sp³-hybridized carbons (Fsp3) is 0.750. The van der Waals surface area contributed by atoms with Crippen molar-refractivity contribution in [1.29, 1.82) is 0 Å². The summed E-state index contributed by atoms with van der Waals surface area (Å²) in [6.45, 7) is 2.60. The van der Waals surface area contributed by atoms with Gasteiger partial charge in [0.1, 0.15) is 0 Å². The van der Waals surface area contributed by atoms with E-state index in [9.17, 15) is 9.59 Å². The van der Waals surface area contributed by atoms with Gasteiger partial charge in [-0.3, -0.25) is 9.59 Å². The molecule has 0 aromatic rings. The highest BCUT2D eigenvalue weighted by Gasteiger charge is 1.99. The molecular formula is C8H16N2O2S. The summed E-state index contributed by atoms with van der Waals surface area (Å²) in [5.41, 5.74) is 5.24. The number of thioether (sulfide) groups is 1. The second-order valence-corrected chi connectivity index (χ2v) is 3.85. The van der Waals surface area contributed by atoms with Gasteiger partial charge in [0.15, 0.2) is 5.12 Å². The lowest BCUT2D eigenvalue weighted by atomic mass is 10.3. The molecule has 0 radical (unpaired) electrons. The minimum absolute atomic E-state index is 0.00889. The van der Waals surface area contributed by atoms with E-state index in [2.05, 4.69) is 5.32 Å². The Morgan fingerprint density at radius 3 is 2.69 bits per heavy atom. The van der Waals surface area contributed by atoms with Crippen LogP contribution in [0.1, 0.15) is 19.8 Å². The topological polar surface area (TPSA) is 72.2 Å². The number of amides is 1. The molecule has 0 fully saturated rings. The van der Waals surface area contributed by atoms with Crippen LogP contribution in [0.2, 0.25) is 0 Å². The molecule has 0 aliphatic heterocycles. The quantitative estimate of drug-likeness (QED) is 0.603. The molecule has 0 unspecified atom stereocenters. The van der Waals surface area contributed by atoms with Gasteiger partial charge in [0.25, 0.3) is 0 Å². The lowest BCUT2D eigenvalue weighted by Crippen LogP contribution is -2.26.